The molecule has 0 bridgehead atoms. The molecule has 120 valence electrons. The first-order valence-corrected chi connectivity index (χ1v) is 7.39. The van der Waals surface area contributed by atoms with E-state index in [-0.39, 0.29) is 6.61 Å². The van der Waals surface area contributed by atoms with Gasteiger partial charge in [-0.05, 0) is 30.2 Å². The van der Waals surface area contributed by atoms with Crippen molar-refractivity contribution in [1.82, 2.24) is 10.3 Å². The molecule has 0 unspecified atom stereocenters. The molecule has 5 heteroatoms. The molecule has 0 spiro atoms. The number of rotatable bonds is 7. The summed E-state index contributed by atoms with van der Waals surface area (Å²) in [6.45, 7) is 0.790. The SMILES string of the molecule is COc1ccc(C=CCCNC(=O)OCc2ccccc2)nc1. The molecule has 0 aliphatic heterocycles. The van der Waals surface area contributed by atoms with Gasteiger partial charge in [0.1, 0.15) is 12.4 Å². The summed E-state index contributed by atoms with van der Waals surface area (Å²) in [4.78, 5) is 15.8. The van der Waals surface area contributed by atoms with E-state index in [4.69, 9.17) is 9.47 Å². The predicted molar refractivity (Wildman–Crippen MR) is 89.1 cm³/mol. The summed E-state index contributed by atoms with van der Waals surface area (Å²) in [6.07, 6.45) is 5.81. The lowest BCUT2D eigenvalue weighted by Crippen LogP contribution is -2.24. The molecular weight excluding hydrogens is 292 g/mol. The van der Waals surface area contributed by atoms with Gasteiger partial charge in [-0.3, -0.25) is 4.98 Å². The van der Waals surface area contributed by atoms with E-state index < -0.39 is 6.09 Å². The summed E-state index contributed by atoms with van der Waals surface area (Å²) in [5.74, 6) is 0.727. The van der Waals surface area contributed by atoms with Gasteiger partial charge in [-0.1, -0.05) is 36.4 Å². The smallest absolute Gasteiger partial charge is 0.407 e. The number of carbonyl (C=O) groups excluding carboxylic acids is 1. The van der Waals surface area contributed by atoms with Gasteiger partial charge in [0.2, 0.25) is 0 Å². The van der Waals surface area contributed by atoms with E-state index in [2.05, 4.69) is 10.3 Å². The van der Waals surface area contributed by atoms with Crippen LogP contribution < -0.4 is 10.1 Å². The Kier molecular flexibility index (Phi) is 6.65. The number of hydrogen-bond acceptors (Lipinski definition) is 4. The molecular formula is C18H20N2O3. The lowest BCUT2D eigenvalue weighted by Gasteiger charge is -2.05. The van der Waals surface area contributed by atoms with E-state index in [0.717, 1.165) is 17.0 Å². The molecule has 1 aromatic heterocycles. The predicted octanol–water partition coefficient (Wildman–Crippen LogP) is 3.42. The monoisotopic (exact) mass is 312 g/mol. The van der Waals surface area contributed by atoms with Crippen LogP contribution >= 0.6 is 0 Å². The lowest BCUT2D eigenvalue weighted by molar-refractivity contribution is 0.140. The quantitative estimate of drug-likeness (QED) is 0.796. The Balaban J connectivity index is 1.62. The fourth-order valence-electron chi connectivity index (χ4n) is 1.85. The van der Waals surface area contributed by atoms with Crippen LogP contribution in [0.2, 0.25) is 0 Å². The van der Waals surface area contributed by atoms with Crippen molar-refractivity contribution in [3.05, 3.63) is 66.0 Å². The maximum absolute atomic E-state index is 11.5. The summed E-state index contributed by atoms with van der Waals surface area (Å²) < 4.78 is 10.2. The molecule has 0 saturated heterocycles. The first-order valence-electron chi connectivity index (χ1n) is 7.39. The number of methoxy groups -OCH3 is 1. The molecule has 1 heterocycles. The van der Waals surface area contributed by atoms with Gasteiger partial charge in [-0.2, -0.15) is 0 Å². The van der Waals surface area contributed by atoms with Crippen LogP contribution in [0.5, 0.6) is 5.75 Å². The molecule has 2 aromatic rings. The number of benzene rings is 1. The van der Waals surface area contributed by atoms with Crippen molar-refractivity contribution in [2.75, 3.05) is 13.7 Å². The van der Waals surface area contributed by atoms with Gasteiger partial charge in [0, 0.05) is 6.54 Å². The van der Waals surface area contributed by atoms with E-state index in [1.807, 2.05) is 54.6 Å². The number of hydrogen-bond donors (Lipinski definition) is 1. The molecule has 5 nitrogen and oxygen atoms in total. The number of ether oxygens (including phenoxy) is 2. The van der Waals surface area contributed by atoms with Gasteiger partial charge in [0.25, 0.3) is 0 Å². The number of aromatic nitrogens is 1. The summed E-state index contributed by atoms with van der Waals surface area (Å²) >= 11 is 0. The van der Waals surface area contributed by atoms with Crippen molar-refractivity contribution < 1.29 is 14.3 Å². The molecule has 1 aromatic carbocycles. The van der Waals surface area contributed by atoms with Crippen molar-refractivity contribution in [2.45, 2.75) is 13.0 Å². The minimum absolute atomic E-state index is 0.276. The fourth-order valence-corrected chi connectivity index (χ4v) is 1.85. The van der Waals surface area contributed by atoms with Gasteiger partial charge in [0.15, 0.2) is 0 Å². The summed E-state index contributed by atoms with van der Waals surface area (Å²) in [5, 5.41) is 2.70. The second-order valence-corrected chi connectivity index (χ2v) is 4.80. The number of nitrogens with one attached hydrogen (secondary N) is 1. The third-order valence-electron chi connectivity index (χ3n) is 3.08. The highest BCUT2D eigenvalue weighted by molar-refractivity contribution is 5.67. The Morgan fingerprint density at radius 3 is 2.74 bits per heavy atom. The fraction of sp³-hybridized carbons (Fsp3) is 0.222. The van der Waals surface area contributed by atoms with E-state index in [1.54, 1.807) is 13.3 Å². The van der Waals surface area contributed by atoms with Crippen LogP contribution in [-0.4, -0.2) is 24.7 Å². The lowest BCUT2D eigenvalue weighted by atomic mass is 10.2. The second-order valence-electron chi connectivity index (χ2n) is 4.80. The third kappa shape index (κ3) is 6.22. The number of amides is 1. The van der Waals surface area contributed by atoms with Crippen molar-refractivity contribution in [3.8, 4) is 5.75 Å². The minimum atomic E-state index is -0.412. The van der Waals surface area contributed by atoms with Gasteiger partial charge in [0.05, 0.1) is 19.0 Å². The largest absolute Gasteiger partial charge is 0.495 e. The zero-order valence-electron chi connectivity index (χ0n) is 13.1. The van der Waals surface area contributed by atoms with Gasteiger partial charge < -0.3 is 14.8 Å². The number of nitrogens with zero attached hydrogens (tertiary/aromatic N) is 1. The number of alkyl carbamates (subject to hydrolysis) is 1. The first kappa shape index (κ1) is 16.5. The van der Waals surface area contributed by atoms with Crippen LogP contribution in [-0.2, 0) is 11.3 Å². The molecule has 0 aliphatic rings. The highest BCUT2D eigenvalue weighted by atomic mass is 16.5. The Morgan fingerprint density at radius 1 is 1.22 bits per heavy atom. The number of carbonyl (C=O) groups is 1. The minimum Gasteiger partial charge on any atom is -0.495 e. The van der Waals surface area contributed by atoms with E-state index >= 15 is 0 Å². The van der Waals surface area contributed by atoms with Crippen LogP contribution in [0.3, 0.4) is 0 Å². The molecule has 0 radical (unpaired) electrons. The van der Waals surface area contributed by atoms with Crippen molar-refractivity contribution in [3.63, 3.8) is 0 Å². The molecule has 0 atom stereocenters. The van der Waals surface area contributed by atoms with Crippen LogP contribution in [0.15, 0.2) is 54.7 Å². The zero-order chi connectivity index (χ0) is 16.3. The standard InChI is InChI=1S/C18H20N2O3/c1-22-17-11-10-16(20-13-17)9-5-6-12-19-18(21)23-14-15-7-3-2-4-8-15/h2-5,7-11,13H,6,12,14H2,1H3,(H,19,21). The Morgan fingerprint density at radius 2 is 2.04 bits per heavy atom. The van der Waals surface area contributed by atoms with Gasteiger partial charge >= 0.3 is 6.09 Å². The topological polar surface area (TPSA) is 60.5 Å². The normalized spacial score (nSPS) is 10.5. The highest BCUT2D eigenvalue weighted by Crippen LogP contribution is 2.08. The molecule has 23 heavy (non-hydrogen) atoms. The van der Waals surface area contributed by atoms with Crippen LogP contribution in [0, 0.1) is 0 Å². The number of pyridine rings is 1. The average molecular weight is 312 g/mol. The molecule has 1 N–H and O–H groups in total. The Labute approximate surface area is 136 Å². The van der Waals surface area contributed by atoms with Crippen molar-refractivity contribution in [2.24, 2.45) is 0 Å². The zero-order valence-corrected chi connectivity index (χ0v) is 13.1. The molecule has 0 saturated carbocycles. The maximum atomic E-state index is 11.5. The van der Waals surface area contributed by atoms with Crippen LogP contribution in [0.1, 0.15) is 17.7 Å². The van der Waals surface area contributed by atoms with Gasteiger partial charge in [-0.25, -0.2) is 4.79 Å². The maximum Gasteiger partial charge on any atom is 0.407 e. The molecule has 0 aliphatic carbocycles. The summed E-state index contributed by atoms with van der Waals surface area (Å²) in [7, 11) is 1.61. The summed E-state index contributed by atoms with van der Waals surface area (Å²) in [5.41, 5.74) is 1.81. The third-order valence-corrected chi connectivity index (χ3v) is 3.08. The van der Waals surface area contributed by atoms with Crippen LogP contribution in [0.25, 0.3) is 6.08 Å². The van der Waals surface area contributed by atoms with Crippen molar-refractivity contribution in [1.29, 1.82) is 0 Å². The highest BCUT2D eigenvalue weighted by Gasteiger charge is 2.00. The van der Waals surface area contributed by atoms with E-state index in [9.17, 15) is 4.79 Å². The second kappa shape index (κ2) is 9.25. The first-order chi connectivity index (χ1) is 11.3. The Hall–Kier alpha value is -2.82. The van der Waals surface area contributed by atoms with E-state index in [0.29, 0.717) is 13.0 Å². The Bertz CT molecular complexity index is 624. The summed E-state index contributed by atoms with van der Waals surface area (Å²) in [6, 6.07) is 13.3. The molecule has 0 fully saturated rings. The van der Waals surface area contributed by atoms with Crippen molar-refractivity contribution >= 4 is 12.2 Å². The molecule has 2 rings (SSSR count). The van der Waals surface area contributed by atoms with E-state index in [1.165, 1.54) is 0 Å². The molecule has 1 amide bonds. The average Bonchev–Trinajstić information content (AvgIpc) is 2.61. The van der Waals surface area contributed by atoms with Gasteiger partial charge in [-0.15, -0.1) is 0 Å². The van der Waals surface area contributed by atoms with Crippen LogP contribution in [0.4, 0.5) is 4.79 Å².